The van der Waals surface area contributed by atoms with Crippen molar-refractivity contribution in [3.8, 4) is 0 Å². The van der Waals surface area contributed by atoms with E-state index in [1.54, 1.807) is 6.92 Å². The maximum atomic E-state index is 11.8. The summed E-state index contributed by atoms with van der Waals surface area (Å²) in [6.07, 6.45) is 1.33. The molecule has 1 heterocycles. The Balaban J connectivity index is 3.13. The standard InChI is InChI=1S/C12H18N2O3S/c1-8(2)10(7-18)5-13-6-11(14(16)17)9(3)4-12(13)15/h4,6,8,10,18H,5,7H2,1-3H3. The Hall–Kier alpha value is -1.30. The molecular formula is C12H18N2O3S. The highest BCUT2D eigenvalue weighted by molar-refractivity contribution is 7.80. The van der Waals surface area contributed by atoms with Crippen molar-refractivity contribution in [2.75, 3.05) is 5.75 Å². The lowest BCUT2D eigenvalue weighted by Crippen LogP contribution is -2.27. The second-order valence-electron chi connectivity index (χ2n) is 4.78. The second-order valence-corrected chi connectivity index (χ2v) is 5.14. The first-order valence-corrected chi connectivity index (χ1v) is 6.46. The van der Waals surface area contributed by atoms with Crippen LogP contribution in [0.5, 0.6) is 0 Å². The summed E-state index contributed by atoms with van der Waals surface area (Å²) in [7, 11) is 0. The van der Waals surface area contributed by atoms with Crippen molar-refractivity contribution in [2.24, 2.45) is 11.8 Å². The fourth-order valence-corrected chi connectivity index (χ4v) is 2.26. The third-order valence-corrected chi connectivity index (χ3v) is 3.58. The first kappa shape index (κ1) is 14.8. The van der Waals surface area contributed by atoms with Gasteiger partial charge in [0.2, 0.25) is 0 Å². The fraction of sp³-hybridized carbons (Fsp3) is 0.583. The quantitative estimate of drug-likeness (QED) is 0.507. The van der Waals surface area contributed by atoms with Crippen LogP contribution in [0.3, 0.4) is 0 Å². The van der Waals surface area contributed by atoms with Gasteiger partial charge in [-0.05, 0) is 24.5 Å². The van der Waals surface area contributed by atoms with E-state index in [-0.39, 0.29) is 17.2 Å². The maximum absolute atomic E-state index is 11.8. The van der Waals surface area contributed by atoms with Gasteiger partial charge in [0.25, 0.3) is 11.2 Å². The van der Waals surface area contributed by atoms with Gasteiger partial charge in [-0.25, -0.2) is 0 Å². The van der Waals surface area contributed by atoms with Crippen molar-refractivity contribution in [3.63, 3.8) is 0 Å². The lowest BCUT2D eigenvalue weighted by molar-refractivity contribution is -0.386. The van der Waals surface area contributed by atoms with Gasteiger partial charge in [0.1, 0.15) is 0 Å². The molecule has 0 aliphatic heterocycles. The van der Waals surface area contributed by atoms with Crippen LogP contribution in [-0.2, 0) is 6.54 Å². The van der Waals surface area contributed by atoms with Crippen LogP contribution in [0.1, 0.15) is 19.4 Å². The highest BCUT2D eigenvalue weighted by atomic mass is 32.1. The van der Waals surface area contributed by atoms with Gasteiger partial charge in [-0.1, -0.05) is 13.8 Å². The van der Waals surface area contributed by atoms with E-state index in [0.717, 1.165) is 0 Å². The molecule has 1 rings (SSSR count). The largest absolute Gasteiger partial charge is 0.309 e. The van der Waals surface area contributed by atoms with Crippen LogP contribution in [0.15, 0.2) is 17.1 Å². The summed E-state index contributed by atoms with van der Waals surface area (Å²) in [5.41, 5.74) is 0.176. The van der Waals surface area contributed by atoms with Crippen molar-refractivity contribution in [1.29, 1.82) is 0 Å². The maximum Gasteiger partial charge on any atom is 0.288 e. The average molecular weight is 270 g/mol. The van der Waals surface area contributed by atoms with Crippen molar-refractivity contribution in [1.82, 2.24) is 4.57 Å². The number of rotatable bonds is 5. The summed E-state index contributed by atoms with van der Waals surface area (Å²) < 4.78 is 1.41. The van der Waals surface area contributed by atoms with Gasteiger partial charge < -0.3 is 4.57 Å². The van der Waals surface area contributed by atoms with Crippen LogP contribution in [0, 0.1) is 28.9 Å². The number of nitrogens with zero attached hydrogens (tertiary/aromatic N) is 2. The number of aromatic nitrogens is 1. The minimum atomic E-state index is -0.462. The Morgan fingerprint density at radius 2 is 2.11 bits per heavy atom. The normalized spacial score (nSPS) is 12.7. The number of aryl methyl sites for hydroxylation is 1. The number of pyridine rings is 1. The van der Waals surface area contributed by atoms with Gasteiger partial charge in [-0.15, -0.1) is 0 Å². The third kappa shape index (κ3) is 3.35. The van der Waals surface area contributed by atoms with E-state index < -0.39 is 4.92 Å². The molecule has 100 valence electrons. The van der Waals surface area contributed by atoms with Crippen LogP contribution in [-0.4, -0.2) is 15.2 Å². The molecule has 1 aromatic heterocycles. The van der Waals surface area contributed by atoms with E-state index >= 15 is 0 Å². The molecule has 0 aliphatic carbocycles. The number of hydrogen-bond acceptors (Lipinski definition) is 4. The van der Waals surface area contributed by atoms with E-state index in [1.165, 1.54) is 16.8 Å². The Morgan fingerprint density at radius 1 is 1.50 bits per heavy atom. The highest BCUT2D eigenvalue weighted by Gasteiger charge is 2.17. The zero-order valence-corrected chi connectivity index (χ0v) is 11.7. The molecule has 0 amide bonds. The SMILES string of the molecule is Cc1cc(=O)n(CC(CS)C(C)C)cc1[N+](=O)[O-]. The predicted molar refractivity (Wildman–Crippen MR) is 74.3 cm³/mol. The second kappa shape index (κ2) is 6.04. The third-order valence-electron chi connectivity index (χ3n) is 3.11. The number of hydrogen-bond donors (Lipinski definition) is 1. The van der Waals surface area contributed by atoms with Gasteiger partial charge in [-0.3, -0.25) is 14.9 Å². The van der Waals surface area contributed by atoms with Crippen molar-refractivity contribution >= 4 is 18.3 Å². The first-order chi connectivity index (χ1) is 8.36. The average Bonchev–Trinajstić information content (AvgIpc) is 2.26. The summed E-state index contributed by atoms with van der Waals surface area (Å²) in [4.78, 5) is 22.2. The smallest absolute Gasteiger partial charge is 0.288 e. The molecular weight excluding hydrogens is 252 g/mol. The zero-order valence-electron chi connectivity index (χ0n) is 10.8. The van der Waals surface area contributed by atoms with Gasteiger partial charge in [0, 0.05) is 18.2 Å². The summed E-state index contributed by atoms with van der Waals surface area (Å²) in [6.45, 7) is 6.13. The molecule has 0 aromatic carbocycles. The highest BCUT2D eigenvalue weighted by Crippen LogP contribution is 2.18. The van der Waals surface area contributed by atoms with Gasteiger partial charge in [0.05, 0.1) is 11.1 Å². The van der Waals surface area contributed by atoms with Crippen LogP contribution in [0.2, 0.25) is 0 Å². The first-order valence-electron chi connectivity index (χ1n) is 5.83. The predicted octanol–water partition coefficient (Wildman–Crippen LogP) is 2.27. The van der Waals surface area contributed by atoms with E-state index in [2.05, 4.69) is 26.5 Å². The minimum Gasteiger partial charge on any atom is -0.309 e. The lowest BCUT2D eigenvalue weighted by Gasteiger charge is -2.19. The number of nitro groups is 1. The molecule has 6 heteroatoms. The number of thiol groups is 1. The molecule has 1 atom stereocenters. The Labute approximate surface area is 111 Å². The molecule has 1 aromatic rings. The monoisotopic (exact) mass is 270 g/mol. The van der Waals surface area contributed by atoms with Crippen molar-refractivity contribution in [3.05, 3.63) is 38.3 Å². The van der Waals surface area contributed by atoms with Gasteiger partial charge >= 0.3 is 0 Å². The Bertz CT molecular complexity index is 497. The summed E-state index contributed by atoms with van der Waals surface area (Å²) in [6, 6.07) is 1.31. The molecule has 0 N–H and O–H groups in total. The van der Waals surface area contributed by atoms with Crippen LogP contribution >= 0.6 is 12.6 Å². The van der Waals surface area contributed by atoms with Crippen LogP contribution in [0.25, 0.3) is 0 Å². The van der Waals surface area contributed by atoms with E-state index in [1.807, 2.05) is 0 Å². The lowest BCUT2D eigenvalue weighted by atomic mass is 9.98. The molecule has 0 radical (unpaired) electrons. The van der Waals surface area contributed by atoms with E-state index in [0.29, 0.717) is 23.8 Å². The molecule has 0 aliphatic rings. The Morgan fingerprint density at radius 3 is 2.56 bits per heavy atom. The van der Waals surface area contributed by atoms with E-state index in [4.69, 9.17) is 0 Å². The molecule has 0 spiro atoms. The molecule has 5 nitrogen and oxygen atoms in total. The fourth-order valence-electron chi connectivity index (χ4n) is 1.72. The van der Waals surface area contributed by atoms with Gasteiger partial charge in [0.15, 0.2) is 0 Å². The Kier molecular flexibility index (Phi) is 4.95. The summed E-state index contributed by atoms with van der Waals surface area (Å²) >= 11 is 4.26. The molecule has 0 saturated carbocycles. The zero-order chi connectivity index (χ0) is 13.9. The summed E-state index contributed by atoms with van der Waals surface area (Å²) in [5.74, 6) is 1.23. The molecule has 18 heavy (non-hydrogen) atoms. The molecule has 0 bridgehead atoms. The van der Waals surface area contributed by atoms with Crippen LogP contribution < -0.4 is 5.56 Å². The molecule has 0 fully saturated rings. The molecule has 1 unspecified atom stereocenters. The van der Waals surface area contributed by atoms with Gasteiger partial charge in [-0.2, -0.15) is 12.6 Å². The summed E-state index contributed by atoms with van der Waals surface area (Å²) in [5, 5.41) is 10.8. The van der Waals surface area contributed by atoms with Crippen LogP contribution in [0.4, 0.5) is 5.69 Å². The topological polar surface area (TPSA) is 65.1 Å². The minimum absolute atomic E-state index is 0.0173. The van der Waals surface area contributed by atoms with Crippen molar-refractivity contribution in [2.45, 2.75) is 27.3 Å². The van der Waals surface area contributed by atoms with Crippen molar-refractivity contribution < 1.29 is 4.92 Å². The molecule has 0 saturated heterocycles. The van der Waals surface area contributed by atoms with E-state index in [9.17, 15) is 14.9 Å².